The van der Waals surface area contributed by atoms with Crippen molar-refractivity contribution in [3.63, 3.8) is 0 Å². The second-order valence-corrected chi connectivity index (χ2v) is 13.6. The fourth-order valence-corrected chi connectivity index (χ4v) is 9.86. The van der Waals surface area contributed by atoms with Crippen LogP contribution in [0.2, 0.25) is 0 Å². The SMILES string of the molecule is CC(=O)OC1CCC2(C)C3CCC4(C)C(CCC4[C@H](C)CCCC(C)C)C3CC([N+](=O)[O-])[C@H]2C1. The van der Waals surface area contributed by atoms with Gasteiger partial charge in [0.1, 0.15) is 6.10 Å². The van der Waals surface area contributed by atoms with E-state index >= 15 is 0 Å². The second-order valence-electron chi connectivity index (χ2n) is 13.6. The summed E-state index contributed by atoms with van der Waals surface area (Å²) in [4.78, 5) is 24.0. The van der Waals surface area contributed by atoms with Gasteiger partial charge in [-0.15, -0.1) is 0 Å². The van der Waals surface area contributed by atoms with Crippen molar-refractivity contribution in [3.05, 3.63) is 10.1 Å². The molecule has 8 unspecified atom stereocenters. The van der Waals surface area contributed by atoms with Crippen LogP contribution in [0.15, 0.2) is 0 Å². The van der Waals surface area contributed by atoms with E-state index in [0.717, 1.165) is 37.0 Å². The van der Waals surface area contributed by atoms with Crippen molar-refractivity contribution in [2.75, 3.05) is 0 Å². The van der Waals surface area contributed by atoms with Crippen LogP contribution in [-0.2, 0) is 9.53 Å². The number of fused-ring (bicyclic) bond motifs is 5. The molecular weight excluding hydrogens is 426 g/mol. The van der Waals surface area contributed by atoms with E-state index in [4.69, 9.17) is 4.74 Å². The van der Waals surface area contributed by atoms with E-state index in [-0.39, 0.29) is 28.3 Å². The average molecular weight is 476 g/mol. The minimum absolute atomic E-state index is 0.000397. The van der Waals surface area contributed by atoms with Crippen molar-refractivity contribution in [3.8, 4) is 0 Å². The fourth-order valence-electron chi connectivity index (χ4n) is 9.86. The number of nitrogens with zero attached hydrogens (tertiary/aromatic N) is 1. The standard InChI is InChI=1S/C29H49NO4/c1-18(2)8-7-9-19(3)23-10-11-24-22-17-27(30(32)33)26-16-21(34-20(4)31)12-14-29(26,6)25(22)13-15-28(23,24)5/h18-19,21-27H,7-17H2,1-6H3/t19-,21?,22?,23?,24?,25?,26-,27?,28?,29?/m1/s1. The maximum absolute atomic E-state index is 12.4. The van der Waals surface area contributed by atoms with Gasteiger partial charge in [-0.3, -0.25) is 14.9 Å². The third-order valence-corrected chi connectivity index (χ3v) is 11.4. The topological polar surface area (TPSA) is 69.4 Å². The van der Waals surface area contributed by atoms with Crippen molar-refractivity contribution in [2.24, 2.45) is 52.3 Å². The zero-order valence-corrected chi connectivity index (χ0v) is 22.6. The molecule has 194 valence electrons. The highest BCUT2D eigenvalue weighted by molar-refractivity contribution is 5.66. The zero-order chi connectivity index (χ0) is 24.8. The van der Waals surface area contributed by atoms with Crippen molar-refractivity contribution in [1.82, 2.24) is 0 Å². The van der Waals surface area contributed by atoms with E-state index < -0.39 is 6.04 Å². The minimum atomic E-state index is -0.491. The molecule has 10 atom stereocenters. The predicted molar refractivity (Wildman–Crippen MR) is 135 cm³/mol. The lowest BCUT2D eigenvalue weighted by molar-refractivity contribution is -0.547. The number of nitro groups is 1. The molecule has 5 nitrogen and oxygen atoms in total. The largest absolute Gasteiger partial charge is 0.463 e. The molecule has 0 amide bonds. The highest BCUT2D eigenvalue weighted by Gasteiger charge is 2.65. The number of esters is 1. The van der Waals surface area contributed by atoms with Crippen LogP contribution in [0.25, 0.3) is 0 Å². The molecule has 4 rings (SSSR count). The molecule has 0 N–H and O–H groups in total. The molecule has 5 heteroatoms. The van der Waals surface area contributed by atoms with Gasteiger partial charge >= 0.3 is 5.97 Å². The Morgan fingerprint density at radius 2 is 1.65 bits per heavy atom. The van der Waals surface area contributed by atoms with Gasteiger partial charge in [0.05, 0.1) is 0 Å². The van der Waals surface area contributed by atoms with Gasteiger partial charge in [0.2, 0.25) is 6.04 Å². The van der Waals surface area contributed by atoms with E-state index in [1.165, 1.54) is 51.9 Å². The maximum atomic E-state index is 12.4. The summed E-state index contributed by atoms with van der Waals surface area (Å²) in [7, 11) is 0. The molecule has 0 aliphatic heterocycles. The first-order chi connectivity index (χ1) is 16.0. The van der Waals surface area contributed by atoms with E-state index in [1.807, 2.05) is 0 Å². The van der Waals surface area contributed by atoms with E-state index in [0.29, 0.717) is 29.6 Å². The predicted octanol–water partition coefficient (Wildman–Crippen LogP) is 7.29. The van der Waals surface area contributed by atoms with Crippen LogP contribution in [0.4, 0.5) is 0 Å². The third-order valence-electron chi connectivity index (χ3n) is 11.4. The number of ether oxygens (including phenoxy) is 1. The maximum Gasteiger partial charge on any atom is 0.302 e. The Bertz CT molecular complexity index is 767. The average Bonchev–Trinajstić information content (AvgIpc) is 3.10. The molecule has 0 spiro atoms. The molecule has 0 aromatic carbocycles. The van der Waals surface area contributed by atoms with Crippen molar-refractivity contribution in [2.45, 2.75) is 124 Å². The summed E-state index contributed by atoms with van der Waals surface area (Å²) in [6.45, 7) is 13.5. The van der Waals surface area contributed by atoms with Crippen LogP contribution in [-0.4, -0.2) is 23.0 Å². The lowest BCUT2D eigenvalue weighted by atomic mass is 9.43. The van der Waals surface area contributed by atoms with Crippen LogP contribution >= 0.6 is 0 Å². The van der Waals surface area contributed by atoms with Crippen molar-refractivity contribution < 1.29 is 14.5 Å². The van der Waals surface area contributed by atoms with Gasteiger partial charge in [-0.25, -0.2) is 0 Å². The molecule has 0 saturated heterocycles. The van der Waals surface area contributed by atoms with Crippen LogP contribution in [0.1, 0.15) is 112 Å². The smallest absolute Gasteiger partial charge is 0.302 e. The van der Waals surface area contributed by atoms with E-state index in [1.54, 1.807) is 0 Å². The van der Waals surface area contributed by atoms with Gasteiger partial charge in [-0.05, 0) is 91.3 Å². The minimum Gasteiger partial charge on any atom is -0.463 e. The molecule has 4 aliphatic carbocycles. The summed E-state index contributed by atoms with van der Waals surface area (Å²) in [5.74, 6) is 3.77. The number of hydrogen-bond donors (Lipinski definition) is 0. The fraction of sp³-hybridized carbons (Fsp3) is 0.966. The van der Waals surface area contributed by atoms with E-state index in [9.17, 15) is 14.9 Å². The summed E-state index contributed by atoms with van der Waals surface area (Å²) < 4.78 is 5.56. The molecular formula is C29H49NO4. The summed E-state index contributed by atoms with van der Waals surface area (Å²) in [6, 6.07) is -0.491. The number of carbonyl (C=O) groups excluding carboxylic acids is 1. The Kier molecular flexibility index (Phi) is 7.43. The van der Waals surface area contributed by atoms with Gasteiger partial charge in [0.15, 0.2) is 0 Å². The normalized spacial score (nSPS) is 44.6. The van der Waals surface area contributed by atoms with Gasteiger partial charge < -0.3 is 4.74 Å². The first-order valence-corrected chi connectivity index (χ1v) is 14.3. The highest BCUT2D eigenvalue weighted by Crippen LogP contribution is 2.68. The molecule has 0 aromatic rings. The third kappa shape index (κ3) is 4.54. The van der Waals surface area contributed by atoms with Crippen LogP contribution in [0, 0.1) is 62.4 Å². The quantitative estimate of drug-likeness (QED) is 0.220. The summed E-state index contributed by atoms with van der Waals surface area (Å²) in [6.07, 6.45) is 12.1. The van der Waals surface area contributed by atoms with E-state index in [2.05, 4.69) is 34.6 Å². The summed E-state index contributed by atoms with van der Waals surface area (Å²) in [5.41, 5.74) is 0.345. The van der Waals surface area contributed by atoms with Crippen molar-refractivity contribution >= 4 is 5.97 Å². The van der Waals surface area contributed by atoms with Gasteiger partial charge in [-0.2, -0.15) is 0 Å². The lowest BCUT2D eigenvalue weighted by Gasteiger charge is -2.61. The molecule has 34 heavy (non-hydrogen) atoms. The Hall–Kier alpha value is -1.13. The first-order valence-electron chi connectivity index (χ1n) is 14.3. The summed E-state index contributed by atoms with van der Waals surface area (Å²) in [5, 5.41) is 12.4. The van der Waals surface area contributed by atoms with Crippen LogP contribution < -0.4 is 0 Å². The molecule has 0 bridgehead atoms. The Balaban J connectivity index is 1.54. The lowest BCUT2D eigenvalue weighted by Crippen LogP contribution is -2.60. The number of carbonyl (C=O) groups is 1. The molecule has 0 radical (unpaired) electrons. The monoisotopic (exact) mass is 475 g/mol. The Morgan fingerprint density at radius 1 is 0.971 bits per heavy atom. The summed E-state index contributed by atoms with van der Waals surface area (Å²) >= 11 is 0. The molecule has 4 aliphatic rings. The van der Waals surface area contributed by atoms with Gasteiger partial charge in [-0.1, -0.05) is 53.9 Å². The van der Waals surface area contributed by atoms with Crippen LogP contribution in [0.5, 0.6) is 0 Å². The number of rotatable bonds is 7. The highest BCUT2D eigenvalue weighted by atomic mass is 16.6. The first kappa shape index (κ1) is 25.9. The van der Waals surface area contributed by atoms with Crippen molar-refractivity contribution in [1.29, 1.82) is 0 Å². The molecule has 0 heterocycles. The van der Waals surface area contributed by atoms with Gasteiger partial charge in [0, 0.05) is 24.2 Å². The Morgan fingerprint density at radius 3 is 2.29 bits per heavy atom. The van der Waals surface area contributed by atoms with Gasteiger partial charge in [0.25, 0.3) is 0 Å². The second kappa shape index (κ2) is 9.73. The molecule has 4 fully saturated rings. The molecule has 0 aromatic heterocycles. The zero-order valence-electron chi connectivity index (χ0n) is 22.6. The molecule has 4 saturated carbocycles. The number of hydrogen-bond acceptors (Lipinski definition) is 4. The Labute approximate surface area is 207 Å². The van der Waals surface area contributed by atoms with Crippen LogP contribution in [0.3, 0.4) is 0 Å².